The van der Waals surface area contributed by atoms with Crippen molar-refractivity contribution in [2.24, 2.45) is 5.41 Å². The second-order valence-electron chi connectivity index (χ2n) is 5.38. The first-order valence-electron chi connectivity index (χ1n) is 5.93. The molecule has 2 nitrogen and oxygen atoms in total. The molecule has 2 heteroatoms. The SMILES string of the molecule is C#CCNCC(C)N1CCC(C)(C)CC1. The van der Waals surface area contributed by atoms with E-state index in [4.69, 9.17) is 6.42 Å². The standard InChI is InChI=1S/C13H24N2/c1-5-8-14-11-12(2)15-9-6-13(3,4)7-10-15/h1,12,14H,6-11H2,2-4H3. The predicted molar refractivity (Wildman–Crippen MR) is 65.8 cm³/mol. The van der Waals surface area contributed by atoms with Crippen molar-refractivity contribution < 1.29 is 0 Å². The minimum atomic E-state index is 0.544. The van der Waals surface area contributed by atoms with Gasteiger partial charge in [-0.2, -0.15) is 0 Å². The Bertz CT molecular complexity index is 217. The van der Waals surface area contributed by atoms with Crippen LogP contribution in [0.4, 0.5) is 0 Å². The van der Waals surface area contributed by atoms with E-state index in [1.165, 1.54) is 25.9 Å². The fourth-order valence-corrected chi connectivity index (χ4v) is 2.05. The molecule has 15 heavy (non-hydrogen) atoms. The molecule has 0 aromatic heterocycles. The minimum Gasteiger partial charge on any atom is -0.305 e. The third-order valence-corrected chi connectivity index (χ3v) is 3.44. The van der Waals surface area contributed by atoms with Crippen LogP contribution in [0.15, 0.2) is 0 Å². The summed E-state index contributed by atoms with van der Waals surface area (Å²) < 4.78 is 0. The van der Waals surface area contributed by atoms with Crippen LogP contribution < -0.4 is 5.32 Å². The zero-order chi connectivity index (χ0) is 11.3. The van der Waals surface area contributed by atoms with Crippen molar-refractivity contribution in [2.45, 2.75) is 39.7 Å². The molecular weight excluding hydrogens is 184 g/mol. The van der Waals surface area contributed by atoms with Gasteiger partial charge in [0.05, 0.1) is 6.54 Å². The van der Waals surface area contributed by atoms with Crippen molar-refractivity contribution in [3.05, 3.63) is 0 Å². The molecule has 0 aromatic rings. The largest absolute Gasteiger partial charge is 0.305 e. The highest BCUT2D eigenvalue weighted by Crippen LogP contribution is 2.30. The number of rotatable bonds is 4. The summed E-state index contributed by atoms with van der Waals surface area (Å²) in [7, 11) is 0. The van der Waals surface area contributed by atoms with E-state index in [-0.39, 0.29) is 0 Å². The molecule has 0 aromatic carbocycles. The zero-order valence-corrected chi connectivity index (χ0v) is 10.3. The minimum absolute atomic E-state index is 0.544. The van der Waals surface area contributed by atoms with E-state index in [9.17, 15) is 0 Å². The average molecular weight is 208 g/mol. The van der Waals surface area contributed by atoms with Crippen LogP contribution in [0.1, 0.15) is 33.6 Å². The highest BCUT2D eigenvalue weighted by Gasteiger charge is 2.27. The number of nitrogens with zero attached hydrogens (tertiary/aromatic N) is 1. The molecule has 1 fully saturated rings. The molecule has 1 unspecified atom stereocenters. The number of nitrogens with one attached hydrogen (secondary N) is 1. The van der Waals surface area contributed by atoms with Crippen molar-refractivity contribution in [1.82, 2.24) is 10.2 Å². The molecule has 1 aliphatic rings. The molecule has 0 radical (unpaired) electrons. The van der Waals surface area contributed by atoms with Crippen molar-refractivity contribution in [3.8, 4) is 12.3 Å². The van der Waals surface area contributed by atoms with Gasteiger partial charge >= 0.3 is 0 Å². The van der Waals surface area contributed by atoms with Crippen LogP contribution in [0.3, 0.4) is 0 Å². The van der Waals surface area contributed by atoms with Gasteiger partial charge in [-0.25, -0.2) is 0 Å². The number of hydrogen-bond acceptors (Lipinski definition) is 2. The second kappa shape index (κ2) is 5.53. The Labute approximate surface area is 94.4 Å². The van der Waals surface area contributed by atoms with Crippen LogP contribution in [0.2, 0.25) is 0 Å². The number of hydrogen-bond donors (Lipinski definition) is 1. The summed E-state index contributed by atoms with van der Waals surface area (Å²) in [5.74, 6) is 2.61. The Kier molecular flexibility index (Phi) is 4.63. The van der Waals surface area contributed by atoms with Crippen molar-refractivity contribution >= 4 is 0 Å². The fourth-order valence-electron chi connectivity index (χ4n) is 2.05. The quantitative estimate of drug-likeness (QED) is 0.559. The molecule has 1 rings (SSSR count). The van der Waals surface area contributed by atoms with Crippen LogP contribution in [0, 0.1) is 17.8 Å². The summed E-state index contributed by atoms with van der Waals surface area (Å²) in [6, 6.07) is 0.606. The Balaban J connectivity index is 2.24. The number of likely N-dealkylation sites (tertiary alicyclic amines) is 1. The van der Waals surface area contributed by atoms with E-state index in [0.29, 0.717) is 18.0 Å². The van der Waals surface area contributed by atoms with Gasteiger partial charge in [0.15, 0.2) is 0 Å². The Hall–Kier alpha value is -0.520. The molecule has 86 valence electrons. The number of terminal acetylenes is 1. The van der Waals surface area contributed by atoms with Gasteiger partial charge in [0.2, 0.25) is 0 Å². The first-order valence-corrected chi connectivity index (χ1v) is 5.93. The Morgan fingerprint density at radius 1 is 1.40 bits per heavy atom. The normalized spacial score (nSPS) is 23.3. The maximum absolute atomic E-state index is 5.20. The van der Waals surface area contributed by atoms with E-state index >= 15 is 0 Å². The summed E-state index contributed by atoms with van der Waals surface area (Å²) in [5, 5.41) is 3.28. The molecule has 0 aliphatic carbocycles. The van der Waals surface area contributed by atoms with Gasteiger partial charge in [0.1, 0.15) is 0 Å². The van der Waals surface area contributed by atoms with Crippen LogP contribution in [-0.2, 0) is 0 Å². The first-order chi connectivity index (χ1) is 7.05. The molecule has 1 heterocycles. The molecule has 0 bridgehead atoms. The smallest absolute Gasteiger partial charge is 0.0574 e. The van der Waals surface area contributed by atoms with E-state index in [0.717, 1.165) is 6.54 Å². The van der Waals surface area contributed by atoms with Crippen LogP contribution in [-0.4, -0.2) is 37.1 Å². The summed E-state index contributed by atoms with van der Waals surface area (Å²) in [5.41, 5.74) is 0.544. The van der Waals surface area contributed by atoms with Gasteiger partial charge in [0.25, 0.3) is 0 Å². The zero-order valence-electron chi connectivity index (χ0n) is 10.3. The van der Waals surface area contributed by atoms with E-state index in [2.05, 4.69) is 36.9 Å². The van der Waals surface area contributed by atoms with Crippen molar-refractivity contribution in [3.63, 3.8) is 0 Å². The van der Waals surface area contributed by atoms with Crippen molar-refractivity contribution in [1.29, 1.82) is 0 Å². The third-order valence-electron chi connectivity index (χ3n) is 3.44. The summed E-state index contributed by atoms with van der Waals surface area (Å²) in [6.07, 6.45) is 7.83. The molecule has 1 aliphatic heterocycles. The maximum Gasteiger partial charge on any atom is 0.0574 e. The molecular formula is C13H24N2. The van der Waals surface area contributed by atoms with E-state index in [1.807, 2.05) is 0 Å². The maximum atomic E-state index is 5.20. The monoisotopic (exact) mass is 208 g/mol. The molecule has 0 spiro atoms. The van der Waals surface area contributed by atoms with Gasteiger partial charge in [0, 0.05) is 12.6 Å². The molecule has 1 N–H and O–H groups in total. The van der Waals surface area contributed by atoms with Gasteiger partial charge in [-0.05, 0) is 38.3 Å². The van der Waals surface area contributed by atoms with Gasteiger partial charge in [-0.15, -0.1) is 6.42 Å². The van der Waals surface area contributed by atoms with Crippen LogP contribution in [0.25, 0.3) is 0 Å². The van der Waals surface area contributed by atoms with E-state index < -0.39 is 0 Å². The number of piperidine rings is 1. The van der Waals surface area contributed by atoms with Crippen molar-refractivity contribution in [2.75, 3.05) is 26.2 Å². The summed E-state index contributed by atoms with van der Waals surface area (Å²) in [6.45, 7) is 11.2. The van der Waals surface area contributed by atoms with Crippen LogP contribution >= 0.6 is 0 Å². The summed E-state index contributed by atoms with van der Waals surface area (Å²) >= 11 is 0. The van der Waals surface area contributed by atoms with Gasteiger partial charge in [-0.1, -0.05) is 19.8 Å². The summed E-state index contributed by atoms with van der Waals surface area (Å²) in [4.78, 5) is 2.56. The topological polar surface area (TPSA) is 15.3 Å². The lowest BCUT2D eigenvalue weighted by Crippen LogP contribution is -2.46. The van der Waals surface area contributed by atoms with Crippen LogP contribution in [0.5, 0.6) is 0 Å². The predicted octanol–water partition coefficient (Wildman–Crippen LogP) is 1.72. The highest BCUT2D eigenvalue weighted by atomic mass is 15.2. The third kappa shape index (κ3) is 4.24. The van der Waals surface area contributed by atoms with Gasteiger partial charge < -0.3 is 5.32 Å². The van der Waals surface area contributed by atoms with E-state index in [1.54, 1.807) is 0 Å². The molecule has 0 saturated carbocycles. The first kappa shape index (κ1) is 12.5. The van der Waals surface area contributed by atoms with Gasteiger partial charge in [-0.3, -0.25) is 4.90 Å². The fraction of sp³-hybridized carbons (Fsp3) is 0.846. The lowest BCUT2D eigenvalue weighted by molar-refractivity contribution is 0.100. The second-order valence-corrected chi connectivity index (χ2v) is 5.38. The Morgan fingerprint density at radius 2 is 2.00 bits per heavy atom. The highest BCUT2D eigenvalue weighted by molar-refractivity contribution is 4.88. The molecule has 0 amide bonds. The molecule has 1 atom stereocenters. The molecule has 1 saturated heterocycles. The Morgan fingerprint density at radius 3 is 2.53 bits per heavy atom. The lowest BCUT2D eigenvalue weighted by Gasteiger charge is -2.40. The lowest BCUT2D eigenvalue weighted by atomic mass is 9.82. The average Bonchev–Trinajstić information content (AvgIpc) is 2.18.